The molecular weight excluding hydrogens is 462 g/mol. The number of thiazole rings is 1. The summed E-state index contributed by atoms with van der Waals surface area (Å²) in [6.07, 6.45) is 0. The number of anilines is 1. The number of halogens is 1. The van der Waals surface area contributed by atoms with Gasteiger partial charge in [0.25, 0.3) is 5.91 Å². The van der Waals surface area contributed by atoms with E-state index in [0.29, 0.717) is 73.8 Å². The summed E-state index contributed by atoms with van der Waals surface area (Å²) in [5.74, 6) is 1.54. The van der Waals surface area contributed by atoms with Crippen LogP contribution in [-0.4, -0.2) is 61.8 Å². The van der Waals surface area contributed by atoms with Gasteiger partial charge in [0.2, 0.25) is 5.75 Å². The summed E-state index contributed by atoms with van der Waals surface area (Å²) in [4.78, 5) is 22.1. The van der Waals surface area contributed by atoms with Crippen LogP contribution >= 0.6 is 22.9 Å². The third-order valence-corrected chi connectivity index (χ3v) is 6.74. The van der Waals surface area contributed by atoms with Crippen molar-refractivity contribution in [3.8, 4) is 17.2 Å². The first-order valence-electron chi connectivity index (χ1n) is 11.2. The van der Waals surface area contributed by atoms with Crippen LogP contribution in [0.4, 0.5) is 5.13 Å². The van der Waals surface area contributed by atoms with Crippen LogP contribution in [0.25, 0.3) is 10.2 Å². The molecule has 0 unspecified atom stereocenters. The molecule has 1 aliphatic rings. The topological polar surface area (TPSA) is 64.1 Å². The van der Waals surface area contributed by atoms with E-state index in [2.05, 4.69) is 4.90 Å². The lowest BCUT2D eigenvalue weighted by Crippen LogP contribution is -2.48. The number of ether oxygens (including phenoxy) is 3. The second-order valence-electron chi connectivity index (χ2n) is 7.46. The van der Waals surface area contributed by atoms with Gasteiger partial charge in [0, 0.05) is 31.7 Å². The molecule has 1 aliphatic heterocycles. The highest BCUT2D eigenvalue weighted by Gasteiger charge is 2.26. The molecular formula is C24H28ClN3O4S. The number of hydrogen-bond acceptors (Lipinski definition) is 7. The zero-order valence-electron chi connectivity index (χ0n) is 19.1. The quantitative estimate of drug-likeness (QED) is 0.438. The van der Waals surface area contributed by atoms with Gasteiger partial charge in [0.1, 0.15) is 5.52 Å². The number of fused-ring (bicyclic) bond motifs is 1. The fourth-order valence-corrected chi connectivity index (χ4v) is 5.15. The number of rotatable bonds is 8. The Bertz CT molecular complexity index is 1100. The summed E-state index contributed by atoms with van der Waals surface area (Å²) in [7, 11) is 0. The molecule has 33 heavy (non-hydrogen) atoms. The Morgan fingerprint density at radius 3 is 2.21 bits per heavy atom. The highest BCUT2D eigenvalue weighted by atomic mass is 35.5. The number of aromatic nitrogens is 1. The number of carbonyl (C=O) groups is 1. The first-order valence-corrected chi connectivity index (χ1v) is 12.4. The normalized spacial score (nSPS) is 13.9. The van der Waals surface area contributed by atoms with Crippen LogP contribution in [0.2, 0.25) is 5.02 Å². The van der Waals surface area contributed by atoms with Crippen molar-refractivity contribution in [1.82, 2.24) is 9.88 Å². The van der Waals surface area contributed by atoms with Gasteiger partial charge in [-0.15, -0.1) is 0 Å². The minimum atomic E-state index is -0.0491. The van der Waals surface area contributed by atoms with Crippen molar-refractivity contribution < 1.29 is 19.0 Å². The van der Waals surface area contributed by atoms with E-state index in [9.17, 15) is 4.79 Å². The van der Waals surface area contributed by atoms with Crippen LogP contribution in [0, 0.1) is 0 Å². The van der Waals surface area contributed by atoms with Crippen molar-refractivity contribution in [2.45, 2.75) is 20.8 Å². The average molecular weight is 490 g/mol. The molecule has 4 rings (SSSR count). The Kier molecular flexibility index (Phi) is 7.45. The highest BCUT2D eigenvalue weighted by molar-refractivity contribution is 7.22. The zero-order valence-corrected chi connectivity index (χ0v) is 20.7. The summed E-state index contributed by atoms with van der Waals surface area (Å²) in [5, 5.41) is 1.60. The zero-order chi connectivity index (χ0) is 23.4. The van der Waals surface area contributed by atoms with E-state index in [0.717, 1.165) is 15.3 Å². The number of para-hydroxylation sites is 1. The monoisotopic (exact) mass is 489 g/mol. The van der Waals surface area contributed by atoms with E-state index in [1.54, 1.807) is 23.5 Å². The molecule has 7 nitrogen and oxygen atoms in total. The first-order chi connectivity index (χ1) is 16.0. The summed E-state index contributed by atoms with van der Waals surface area (Å²) in [5.41, 5.74) is 1.37. The highest BCUT2D eigenvalue weighted by Crippen LogP contribution is 2.39. The number of carbonyl (C=O) groups excluding carboxylic acids is 1. The van der Waals surface area contributed by atoms with Gasteiger partial charge in [-0.1, -0.05) is 29.0 Å². The maximum atomic E-state index is 13.3. The summed E-state index contributed by atoms with van der Waals surface area (Å²) >= 11 is 7.91. The third kappa shape index (κ3) is 4.96. The van der Waals surface area contributed by atoms with Crippen LogP contribution in [-0.2, 0) is 0 Å². The van der Waals surface area contributed by atoms with Crippen molar-refractivity contribution in [2.24, 2.45) is 0 Å². The molecule has 0 aliphatic carbocycles. The fraction of sp³-hybridized carbons (Fsp3) is 0.417. The Labute approximate surface area is 202 Å². The van der Waals surface area contributed by atoms with Crippen LogP contribution in [0.15, 0.2) is 30.3 Å². The predicted molar refractivity (Wildman–Crippen MR) is 133 cm³/mol. The standard InChI is InChI=1S/C24H28ClN3O4S/c1-4-30-18-14-16(15-19(31-5-2)22(18)32-6-3)23(29)27-10-12-28(13-11-27)24-26-21-17(25)8-7-9-20(21)33-24/h7-9,14-15H,4-6,10-13H2,1-3H3. The molecule has 0 saturated carbocycles. The second-order valence-corrected chi connectivity index (χ2v) is 8.88. The van der Waals surface area contributed by atoms with Gasteiger partial charge in [-0.3, -0.25) is 4.79 Å². The second kappa shape index (κ2) is 10.5. The van der Waals surface area contributed by atoms with E-state index in [4.69, 9.17) is 30.8 Å². The lowest BCUT2D eigenvalue weighted by molar-refractivity contribution is 0.0745. The first kappa shape index (κ1) is 23.4. The van der Waals surface area contributed by atoms with Gasteiger partial charge in [-0.2, -0.15) is 0 Å². The molecule has 0 N–H and O–H groups in total. The number of benzene rings is 2. The number of hydrogen-bond donors (Lipinski definition) is 0. The van der Waals surface area contributed by atoms with E-state index in [1.165, 1.54) is 0 Å². The maximum absolute atomic E-state index is 13.3. The lowest BCUT2D eigenvalue weighted by atomic mass is 10.1. The van der Waals surface area contributed by atoms with Crippen LogP contribution < -0.4 is 19.1 Å². The van der Waals surface area contributed by atoms with E-state index in [-0.39, 0.29) is 5.91 Å². The lowest BCUT2D eigenvalue weighted by Gasteiger charge is -2.34. The molecule has 0 radical (unpaired) electrons. The van der Waals surface area contributed by atoms with Crippen molar-refractivity contribution >= 4 is 44.2 Å². The average Bonchev–Trinajstić information content (AvgIpc) is 3.27. The van der Waals surface area contributed by atoms with Crippen LogP contribution in [0.1, 0.15) is 31.1 Å². The van der Waals surface area contributed by atoms with Gasteiger partial charge < -0.3 is 24.0 Å². The van der Waals surface area contributed by atoms with Crippen molar-refractivity contribution in [3.63, 3.8) is 0 Å². The Morgan fingerprint density at radius 2 is 1.64 bits per heavy atom. The molecule has 1 aromatic heterocycles. The van der Waals surface area contributed by atoms with Gasteiger partial charge in [-0.05, 0) is 45.0 Å². The summed E-state index contributed by atoms with van der Waals surface area (Å²) in [6.45, 7) is 9.73. The van der Waals surface area contributed by atoms with Crippen LogP contribution in [0.5, 0.6) is 17.2 Å². The molecule has 176 valence electrons. The maximum Gasteiger partial charge on any atom is 0.254 e. The van der Waals surface area contributed by atoms with Crippen molar-refractivity contribution in [1.29, 1.82) is 0 Å². The molecule has 3 aromatic rings. The molecule has 0 spiro atoms. The number of piperazine rings is 1. The van der Waals surface area contributed by atoms with Gasteiger partial charge >= 0.3 is 0 Å². The molecule has 1 saturated heterocycles. The molecule has 1 amide bonds. The molecule has 2 aromatic carbocycles. The van der Waals surface area contributed by atoms with E-state index < -0.39 is 0 Å². The predicted octanol–water partition coefficient (Wildman–Crippen LogP) is 5.11. The Morgan fingerprint density at radius 1 is 1.00 bits per heavy atom. The minimum Gasteiger partial charge on any atom is -0.490 e. The summed E-state index contributed by atoms with van der Waals surface area (Å²) in [6, 6.07) is 9.32. The smallest absolute Gasteiger partial charge is 0.254 e. The molecule has 0 atom stereocenters. The van der Waals surface area contributed by atoms with E-state index >= 15 is 0 Å². The van der Waals surface area contributed by atoms with Gasteiger partial charge in [0.15, 0.2) is 16.6 Å². The molecule has 0 bridgehead atoms. The SMILES string of the molecule is CCOc1cc(C(=O)N2CCN(c3nc4c(Cl)cccc4s3)CC2)cc(OCC)c1OCC. The third-order valence-electron chi connectivity index (χ3n) is 5.35. The van der Waals surface area contributed by atoms with Crippen molar-refractivity contribution in [2.75, 3.05) is 50.9 Å². The van der Waals surface area contributed by atoms with Crippen LogP contribution in [0.3, 0.4) is 0 Å². The number of nitrogens with zero attached hydrogens (tertiary/aromatic N) is 3. The minimum absolute atomic E-state index is 0.0491. The fourth-order valence-electron chi connectivity index (χ4n) is 3.83. The molecule has 2 heterocycles. The Balaban J connectivity index is 1.51. The van der Waals surface area contributed by atoms with Gasteiger partial charge in [-0.25, -0.2) is 4.98 Å². The largest absolute Gasteiger partial charge is 0.490 e. The van der Waals surface area contributed by atoms with Crippen molar-refractivity contribution in [3.05, 3.63) is 40.9 Å². The molecule has 9 heteroatoms. The van der Waals surface area contributed by atoms with Gasteiger partial charge in [0.05, 0.1) is 29.5 Å². The van der Waals surface area contributed by atoms with E-state index in [1.807, 2.05) is 43.9 Å². The Hall–Kier alpha value is -2.71. The summed E-state index contributed by atoms with van der Waals surface area (Å²) < 4.78 is 18.4. The molecule has 1 fully saturated rings. The number of amides is 1.